The molecule has 0 fully saturated rings. The van der Waals surface area contributed by atoms with Gasteiger partial charge in [0.15, 0.2) is 17.5 Å². The SMILES string of the molecule is c1ccc(-c2ccc(N(c3ccc4c(c3)oc3cccc(-c5nc(-c6ccccc6)nc(-c6cccc(-c7ccccc7)c6)n5)c34)c3cccc4ccccc34)cc2)cc1. The van der Waals surface area contributed by atoms with Crippen LogP contribution in [0.1, 0.15) is 0 Å². The summed E-state index contributed by atoms with van der Waals surface area (Å²) in [6.45, 7) is 0. The van der Waals surface area contributed by atoms with E-state index in [0.717, 1.165) is 72.2 Å². The van der Waals surface area contributed by atoms with Gasteiger partial charge in [0, 0.05) is 50.3 Å². The van der Waals surface area contributed by atoms with E-state index in [1.165, 1.54) is 16.5 Å². The van der Waals surface area contributed by atoms with Gasteiger partial charge in [0.05, 0.1) is 5.69 Å². The van der Waals surface area contributed by atoms with Gasteiger partial charge in [-0.05, 0) is 70.1 Å². The molecule has 0 unspecified atom stereocenters. The Hall–Kier alpha value is -8.15. The highest BCUT2D eigenvalue weighted by Crippen LogP contribution is 2.43. The van der Waals surface area contributed by atoms with Crippen molar-refractivity contribution in [2.24, 2.45) is 0 Å². The number of hydrogen-bond donors (Lipinski definition) is 0. The van der Waals surface area contributed by atoms with Crippen LogP contribution in [-0.4, -0.2) is 15.0 Å². The number of fused-ring (bicyclic) bond motifs is 4. The van der Waals surface area contributed by atoms with Gasteiger partial charge in [-0.3, -0.25) is 0 Å². The summed E-state index contributed by atoms with van der Waals surface area (Å²) in [5.74, 6) is 1.79. The van der Waals surface area contributed by atoms with Crippen molar-refractivity contribution in [3.05, 3.63) is 218 Å². The van der Waals surface area contributed by atoms with Crippen molar-refractivity contribution in [3.63, 3.8) is 0 Å². The summed E-state index contributed by atoms with van der Waals surface area (Å²) in [7, 11) is 0. The van der Waals surface area contributed by atoms with Crippen LogP contribution in [0.3, 0.4) is 0 Å². The molecule has 2 heterocycles. The minimum atomic E-state index is 0.581. The molecule has 11 aromatic rings. The summed E-state index contributed by atoms with van der Waals surface area (Å²) in [5.41, 5.74) is 11.9. The molecule has 0 spiro atoms. The maximum absolute atomic E-state index is 6.74. The third kappa shape index (κ3) is 6.45. The van der Waals surface area contributed by atoms with Crippen LogP contribution in [0.4, 0.5) is 17.1 Å². The lowest BCUT2D eigenvalue weighted by Crippen LogP contribution is -2.10. The summed E-state index contributed by atoms with van der Waals surface area (Å²) in [4.78, 5) is 17.7. The zero-order chi connectivity index (χ0) is 39.8. The third-order valence-electron chi connectivity index (χ3n) is 11.1. The van der Waals surface area contributed by atoms with Gasteiger partial charge >= 0.3 is 0 Å². The van der Waals surface area contributed by atoms with Crippen LogP contribution < -0.4 is 4.90 Å². The lowest BCUT2D eigenvalue weighted by molar-refractivity contribution is 0.669. The number of benzene rings is 9. The normalized spacial score (nSPS) is 11.3. The lowest BCUT2D eigenvalue weighted by Gasteiger charge is -2.27. The summed E-state index contributed by atoms with van der Waals surface area (Å²) in [6.07, 6.45) is 0. The zero-order valence-electron chi connectivity index (χ0n) is 32.5. The van der Waals surface area contributed by atoms with Crippen molar-refractivity contribution >= 4 is 49.8 Å². The first-order valence-corrected chi connectivity index (χ1v) is 20.1. The van der Waals surface area contributed by atoms with E-state index in [4.69, 9.17) is 19.4 Å². The van der Waals surface area contributed by atoms with Crippen LogP contribution in [0.15, 0.2) is 223 Å². The predicted octanol–water partition coefficient (Wildman–Crippen LogP) is 14.7. The molecule has 2 aromatic heterocycles. The Balaban J connectivity index is 1.06. The number of anilines is 3. The van der Waals surface area contributed by atoms with E-state index < -0.39 is 0 Å². The standard InChI is InChI=1S/C55H36N4O/c1-4-15-37(16-5-1)39-29-31-44(32-30-39)59(49-27-13-22-40-19-10-11-25-46(40)49)45-33-34-47-51(36-45)60-50-28-14-26-48(52(47)50)55-57-53(41-20-8-3-9-21-41)56-54(58-55)43-24-12-23-42(35-43)38-17-6-2-7-18-38/h1-36H. The van der Waals surface area contributed by atoms with Crippen molar-refractivity contribution in [3.8, 4) is 56.4 Å². The van der Waals surface area contributed by atoms with Crippen molar-refractivity contribution in [2.45, 2.75) is 0 Å². The second kappa shape index (κ2) is 15.0. The molecule has 0 aliphatic carbocycles. The smallest absolute Gasteiger partial charge is 0.164 e. The molecule has 0 aliphatic rings. The third-order valence-corrected chi connectivity index (χ3v) is 11.1. The van der Waals surface area contributed by atoms with Crippen molar-refractivity contribution in [1.29, 1.82) is 0 Å². The van der Waals surface area contributed by atoms with E-state index in [-0.39, 0.29) is 0 Å². The number of hydrogen-bond acceptors (Lipinski definition) is 5. The van der Waals surface area contributed by atoms with Gasteiger partial charge in [0.2, 0.25) is 0 Å². The maximum Gasteiger partial charge on any atom is 0.164 e. The molecule has 60 heavy (non-hydrogen) atoms. The molecular weight excluding hydrogens is 733 g/mol. The second-order valence-electron chi connectivity index (χ2n) is 14.8. The average molecular weight is 769 g/mol. The van der Waals surface area contributed by atoms with Crippen LogP contribution in [0.25, 0.3) is 89.1 Å². The Kier molecular flexibility index (Phi) is 8.75. The van der Waals surface area contributed by atoms with Gasteiger partial charge in [0.1, 0.15) is 11.2 Å². The van der Waals surface area contributed by atoms with Gasteiger partial charge in [-0.25, -0.2) is 15.0 Å². The van der Waals surface area contributed by atoms with Crippen LogP contribution in [-0.2, 0) is 0 Å². The fraction of sp³-hybridized carbons (Fsp3) is 0. The Morgan fingerprint density at radius 3 is 1.65 bits per heavy atom. The molecule has 0 radical (unpaired) electrons. The second-order valence-corrected chi connectivity index (χ2v) is 14.8. The van der Waals surface area contributed by atoms with E-state index in [9.17, 15) is 0 Å². The highest BCUT2D eigenvalue weighted by molar-refractivity contribution is 6.13. The van der Waals surface area contributed by atoms with E-state index in [0.29, 0.717) is 17.5 Å². The summed E-state index contributed by atoms with van der Waals surface area (Å²) in [5, 5.41) is 4.27. The Bertz CT molecular complexity index is 3300. The molecule has 0 saturated heterocycles. The van der Waals surface area contributed by atoms with E-state index in [2.05, 4.69) is 169 Å². The van der Waals surface area contributed by atoms with Gasteiger partial charge < -0.3 is 9.32 Å². The molecule has 0 N–H and O–H groups in total. The first kappa shape index (κ1) is 35.0. The maximum atomic E-state index is 6.74. The minimum Gasteiger partial charge on any atom is -0.456 e. The number of nitrogens with zero attached hydrogens (tertiary/aromatic N) is 4. The zero-order valence-corrected chi connectivity index (χ0v) is 32.5. The van der Waals surface area contributed by atoms with Gasteiger partial charge in [0.25, 0.3) is 0 Å². The molecule has 0 amide bonds. The van der Waals surface area contributed by atoms with Gasteiger partial charge in [-0.15, -0.1) is 0 Å². The largest absolute Gasteiger partial charge is 0.456 e. The number of aromatic nitrogens is 3. The fourth-order valence-electron chi connectivity index (χ4n) is 8.21. The van der Waals surface area contributed by atoms with Crippen molar-refractivity contribution in [1.82, 2.24) is 15.0 Å². The average Bonchev–Trinajstić information content (AvgIpc) is 3.71. The molecule has 5 nitrogen and oxygen atoms in total. The Labute approximate surface area is 347 Å². The number of rotatable bonds is 8. The summed E-state index contributed by atoms with van der Waals surface area (Å²) < 4.78 is 6.74. The molecule has 0 bridgehead atoms. The van der Waals surface area contributed by atoms with Crippen molar-refractivity contribution < 1.29 is 4.42 Å². The number of furan rings is 1. The first-order chi connectivity index (χ1) is 29.7. The van der Waals surface area contributed by atoms with Crippen LogP contribution in [0.5, 0.6) is 0 Å². The Morgan fingerprint density at radius 2 is 0.883 bits per heavy atom. The van der Waals surface area contributed by atoms with E-state index >= 15 is 0 Å². The van der Waals surface area contributed by atoms with Gasteiger partial charge in [-0.2, -0.15) is 0 Å². The van der Waals surface area contributed by atoms with Gasteiger partial charge in [-0.1, -0.05) is 170 Å². The van der Waals surface area contributed by atoms with E-state index in [1.54, 1.807) is 0 Å². The first-order valence-electron chi connectivity index (χ1n) is 20.1. The molecular formula is C55H36N4O. The molecule has 282 valence electrons. The topological polar surface area (TPSA) is 55.1 Å². The molecule has 0 saturated carbocycles. The molecule has 0 aliphatic heterocycles. The predicted molar refractivity (Wildman–Crippen MR) is 246 cm³/mol. The van der Waals surface area contributed by atoms with Crippen LogP contribution >= 0.6 is 0 Å². The molecule has 5 heteroatoms. The van der Waals surface area contributed by atoms with E-state index in [1.807, 2.05) is 54.6 Å². The highest BCUT2D eigenvalue weighted by atomic mass is 16.3. The molecule has 9 aromatic carbocycles. The minimum absolute atomic E-state index is 0.581. The lowest BCUT2D eigenvalue weighted by atomic mass is 10.0. The quantitative estimate of drug-likeness (QED) is 0.154. The summed E-state index contributed by atoms with van der Waals surface area (Å²) >= 11 is 0. The monoisotopic (exact) mass is 768 g/mol. The van der Waals surface area contributed by atoms with Crippen LogP contribution in [0, 0.1) is 0 Å². The summed E-state index contributed by atoms with van der Waals surface area (Å²) in [6, 6.07) is 75.8. The fourth-order valence-corrected chi connectivity index (χ4v) is 8.21. The van der Waals surface area contributed by atoms with Crippen LogP contribution in [0.2, 0.25) is 0 Å². The molecule has 11 rings (SSSR count). The highest BCUT2D eigenvalue weighted by Gasteiger charge is 2.21. The molecule has 0 atom stereocenters. The van der Waals surface area contributed by atoms with Crippen molar-refractivity contribution in [2.75, 3.05) is 4.90 Å². The Morgan fingerprint density at radius 1 is 0.333 bits per heavy atom.